The van der Waals surface area contributed by atoms with E-state index in [1.807, 2.05) is 0 Å². The first-order valence-corrected chi connectivity index (χ1v) is 5.02. The minimum absolute atomic E-state index is 0.0288. The van der Waals surface area contributed by atoms with Crippen molar-refractivity contribution < 1.29 is 24.1 Å². The molecular weight excluding hydrogens is 224 g/mol. The molecule has 17 heavy (non-hydrogen) atoms. The van der Waals surface area contributed by atoms with Crippen LogP contribution in [0.1, 0.15) is 15.9 Å². The molecule has 0 amide bonds. The average molecular weight is 236 g/mol. The van der Waals surface area contributed by atoms with E-state index in [9.17, 15) is 9.90 Å². The number of esters is 1. The highest BCUT2D eigenvalue weighted by molar-refractivity contribution is 5.93. The van der Waals surface area contributed by atoms with Crippen molar-refractivity contribution >= 4 is 5.97 Å². The number of methoxy groups -OCH3 is 1. The van der Waals surface area contributed by atoms with E-state index in [4.69, 9.17) is 9.47 Å². The number of carbonyl (C=O) groups excluding carboxylic acids is 1. The molecule has 0 fully saturated rings. The molecule has 1 aliphatic rings. The number of benzene rings is 1. The summed E-state index contributed by atoms with van der Waals surface area (Å²) in [7, 11) is 1.28. The Bertz CT molecular complexity index is 478. The molecule has 1 aliphatic heterocycles. The van der Waals surface area contributed by atoms with Crippen LogP contribution in [0.4, 0.5) is 0 Å². The first-order chi connectivity index (χ1) is 8.19. The smallest absolute Gasteiger partial charge is 0.338 e. The highest BCUT2D eigenvalue weighted by atomic mass is 16.7. The molecule has 5 nitrogen and oxygen atoms in total. The van der Waals surface area contributed by atoms with E-state index in [0.29, 0.717) is 17.7 Å². The van der Waals surface area contributed by atoms with Crippen molar-refractivity contribution in [2.24, 2.45) is 0 Å². The van der Waals surface area contributed by atoms with Gasteiger partial charge in [0, 0.05) is 5.56 Å². The minimum Gasteiger partial charge on any atom is -0.504 e. The molecule has 0 unspecified atom stereocenters. The molecule has 0 bridgehead atoms. The van der Waals surface area contributed by atoms with Gasteiger partial charge in [-0.25, -0.2) is 4.79 Å². The molecule has 1 heterocycles. The number of rotatable bonds is 3. The maximum Gasteiger partial charge on any atom is 0.338 e. The van der Waals surface area contributed by atoms with E-state index in [-0.39, 0.29) is 23.9 Å². The van der Waals surface area contributed by atoms with Crippen molar-refractivity contribution in [1.29, 1.82) is 0 Å². The molecule has 5 heteroatoms. The quantitative estimate of drug-likeness (QED) is 0.638. The van der Waals surface area contributed by atoms with Gasteiger partial charge < -0.3 is 19.3 Å². The summed E-state index contributed by atoms with van der Waals surface area (Å²) < 4.78 is 14.9. The number of carbonyl (C=O) groups is 1. The molecule has 1 N–H and O–H groups in total. The van der Waals surface area contributed by atoms with Crippen molar-refractivity contribution in [3.63, 3.8) is 0 Å². The lowest BCUT2D eigenvalue weighted by atomic mass is 10.0. The Kier molecular flexibility index (Phi) is 2.91. The number of fused-ring (bicyclic) bond motifs is 1. The fourth-order valence-corrected chi connectivity index (χ4v) is 1.71. The topological polar surface area (TPSA) is 65.0 Å². The maximum atomic E-state index is 11.6. The zero-order chi connectivity index (χ0) is 12.4. The lowest BCUT2D eigenvalue weighted by molar-refractivity contribution is 0.0598. The van der Waals surface area contributed by atoms with Gasteiger partial charge in [0.15, 0.2) is 11.5 Å². The van der Waals surface area contributed by atoms with Crippen LogP contribution >= 0.6 is 0 Å². The highest BCUT2D eigenvalue weighted by Gasteiger charge is 2.26. The van der Waals surface area contributed by atoms with Crippen LogP contribution < -0.4 is 9.47 Å². The van der Waals surface area contributed by atoms with E-state index in [0.717, 1.165) is 0 Å². The summed E-state index contributed by atoms with van der Waals surface area (Å²) in [5.41, 5.74) is 0.685. The normalized spacial score (nSPS) is 12.3. The van der Waals surface area contributed by atoms with Gasteiger partial charge >= 0.3 is 5.97 Å². The van der Waals surface area contributed by atoms with Crippen LogP contribution in [0, 0.1) is 0 Å². The van der Waals surface area contributed by atoms with Gasteiger partial charge in [-0.05, 0) is 12.5 Å². The molecule has 1 aromatic carbocycles. The number of hydrogen-bond acceptors (Lipinski definition) is 5. The second-order valence-corrected chi connectivity index (χ2v) is 3.47. The van der Waals surface area contributed by atoms with Crippen molar-refractivity contribution in [2.45, 2.75) is 6.42 Å². The van der Waals surface area contributed by atoms with Crippen molar-refractivity contribution in [2.75, 3.05) is 13.9 Å². The molecule has 0 saturated heterocycles. The third kappa shape index (κ3) is 1.80. The van der Waals surface area contributed by atoms with Crippen molar-refractivity contribution in [3.8, 4) is 17.2 Å². The van der Waals surface area contributed by atoms with E-state index in [2.05, 4.69) is 11.3 Å². The summed E-state index contributed by atoms with van der Waals surface area (Å²) >= 11 is 0. The molecular formula is C12H12O5. The largest absolute Gasteiger partial charge is 0.504 e. The number of phenolic OH excluding ortho intramolecular Hbond substituents is 1. The first-order valence-electron chi connectivity index (χ1n) is 5.02. The molecule has 0 radical (unpaired) electrons. The Morgan fingerprint density at radius 3 is 3.06 bits per heavy atom. The minimum atomic E-state index is -0.532. The van der Waals surface area contributed by atoms with Crippen LogP contribution in [0.15, 0.2) is 18.7 Å². The van der Waals surface area contributed by atoms with Crippen LogP contribution in [-0.2, 0) is 11.2 Å². The Morgan fingerprint density at radius 2 is 2.41 bits per heavy atom. The van der Waals surface area contributed by atoms with E-state index < -0.39 is 5.97 Å². The molecule has 0 aromatic heterocycles. The van der Waals surface area contributed by atoms with E-state index >= 15 is 0 Å². The molecule has 90 valence electrons. The Hall–Kier alpha value is -2.17. The summed E-state index contributed by atoms with van der Waals surface area (Å²) in [4.78, 5) is 11.6. The fourth-order valence-electron chi connectivity index (χ4n) is 1.71. The Labute approximate surface area is 98.2 Å². The molecule has 0 spiro atoms. The number of ether oxygens (including phenoxy) is 3. The molecule has 1 aromatic rings. The Balaban J connectivity index is 2.60. The lowest BCUT2D eigenvalue weighted by Gasteiger charge is -2.10. The average Bonchev–Trinajstić information content (AvgIpc) is 2.80. The predicted octanol–water partition coefficient (Wildman–Crippen LogP) is 1.64. The van der Waals surface area contributed by atoms with Crippen LogP contribution in [0.5, 0.6) is 17.2 Å². The zero-order valence-electron chi connectivity index (χ0n) is 9.36. The Morgan fingerprint density at radius 1 is 1.65 bits per heavy atom. The summed E-state index contributed by atoms with van der Waals surface area (Å²) in [5.74, 6) is -0.0269. The summed E-state index contributed by atoms with van der Waals surface area (Å²) in [6.07, 6.45) is 1.93. The van der Waals surface area contributed by atoms with Gasteiger partial charge in [-0.3, -0.25) is 0 Å². The van der Waals surface area contributed by atoms with Gasteiger partial charge in [0.1, 0.15) is 0 Å². The highest BCUT2D eigenvalue weighted by Crippen LogP contribution is 2.44. The number of allylic oxidation sites excluding steroid dienone is 1. The first kappa shape index (κ1) is 11.3. The third-order valence-corrected chi connectivity index (χ3v) is 2.50. The molecule has 2 rings (SSSR count). The van der Waals surface area contributed by atoms with Gasteiger partial charge in [0.25, 0.3) is 0 Å². The molecule has 0 aliphatic carbocycles. The van der Waals surface area contributed by atoms with Crippen LogP contribution in [-0.4, -0.2) is 25.0 Å². The lowest BCUT2D eigenvalue weighted by Crippen LogP contribution is -2.06. The second-order valence-electron chi connectivity index (χ2n) is 3.47. The summed E-state index contributed by atoms with van der Waals surface area (Å²) in [5, 5.41) is 10.0. The van der Waals surface area contributed by atoms with Crippen molar-refractivity contribution in [3.05, 3.63) is 29.8 Å². The van der Waals surface area contributed by atoms with Gasteiger partial charge in [0.2, 0.25) is 12.5 Å². The number of aromatic hydroxyl groups is 1. The molecule has 0 atom stereocenters. The van der Waals surface area contributed by atoms with E-state index in [1.165, 1.54) is 13.2 Å². The van der Waals surface area contributed by atoms with Gasteiger partial charge in [-0.1, -0.05) is 6.08 Å². The zero-order valence-corrected chi connectivity index (χ0v) is 9.36. The standard InChI is InChI=1S/C12H12O5/c1-3-4-7-8(12(14)15-2)5-9-11(10(7)13)17-6-16-9/h3,5,13H,1,4,6H2,2H3. The SMILES string of the molecule is C=CCc1c(C(=O)OC)cc2c(c1O)OCO2. The number of phenols is 1. The number of hydrogen-bond donors (Lipinski definition) is 1. The summed E-state index contributed by atoms with van der Waals surface area (Å²) in [6, 6.07) is 1.51. The van der Waals surface area contributed by atoms with Crippen LogP contribution in [0.3, 0.4) is 0 Å². The monoisotopic (exact) mass is 236 g/mol. The maximum absolute atomic E-state index is 11.6. The van der Waals surface area contributed by atoms with Crippen LogP contribution in [0.25, 0.3) is 0 Å². The summed E-state index contributed by atoms with van der Waals surface area (Å²) in [6.45, 7) is 3.61. The third-order valence-electron chi connectivity index (χ3n) is 2.50. The predicted molar refractivity (Wildman–Crippen MR) is 59.5 cm³/mol. The fraction of sp³-hybridized carbons (Fsp3) is 0.250. The van der Waals surface area contributed by atoms with Gasteiger partial charge in [0.05, 0.1) is 12.7 Å². The van der Waals surface area contributed by atoms with Crippen LogP contribution in [0.2, 0.25) is 0 Å². The van der Waals surface area contributed by atoms with Crippen molar-refractivity contribution in [1.82, 2.24) is 0 Å². The van der Waals surface area contributed by atoms with Gasteiger partial charge in [-0.15, -0.1) is 6.58 Å². The second kappa shape index (κ2) is 4.37. The molecule has 0 saturated carbocycles. The van der Waals surface area contributed by atoms with E-state index in [1.54, 1.807) is 6.08 Å². The van der Waals surface area contributed by atoms with Gasteiger partial charge in [-0.2, -0.15) is 0 Å².